The van der Waals surface area contributed by atoms with Gasteiger partial charge in [-0.1, -0.05) is 18.2 Å². The average Bonchev–Trinajstić information content (AvgIpc) is 3.00. The molecule has 5 heteroatoms. The molecular weight excluding hydrogens is 287 g/mol. The van der Waals surface area contributed by atoms with E-state index in [9.17, 15) is 4.39 Å². The Morgan fingerprint density at radius 3 is 3.00 bits per heavy atom. The van der Waals surface area contributed by atoms with E-state index in [-0.39, 0.29) is 11.9 Å². The van der Waals surface area contributed by atoms with Crippen molar-refractivity contribution in [2.75, 3.05) is 0 Å². The first-order valence-corrected chi connectivity index (χ1v) is 7.24. The molecule has 0 saturated carbocycles. The number of nitrogens with one attached hydrogen (secondary N) is 1. The maximum atomic E-state index is 13.3. The predicted molar refractivity (Wildman–Crippen MR) is 81.6 cm³/mol. The molecular formula is C16H13FN2OS. The van der Waals surface area contributed by atoms with Crippen LogP contribution in [0.5, 0.6) is 5.75 Å². The lowest BCUT2D eigenvalue weighted by atomic mass is 10.1. The molecule has 1 aromatic heterocycles. The molecule has 1 unspecified atom stereocenters. The van der Waals surface area contributed by atoms with Crippen LogP contribution in [0.1, 0.15) is 5.56 Å². The lowest BCUT2D eigenvalue weighted by Gasteiger charge is -2.12. The Balaban J connectivity index is 1.67. The summed E-state index contributed by atoms with van der Waals surface area (Å²) in [5.74, 6) is 0.676. The van der Waals surface area contributed by atoms with Gasteiger partial charge in [0.05, 0.1) is 17.6 Å². The minimum absolute atomic E-state index is 0.0538. The van der Waals surface area contributed by atoms with Gasteiger partial charge in [-0.15, -0.1) is 0 Å². The molecule has 2 heterocycles. The van der Waals surface area contributed by atoms with Crippen molar-refractivity contribution in [3.8, 4) is 5.75 Å². The highest BCUT2D eigenvalue weighted by Gasteiger charge is 2.23. The normalized spacial score (nSPS) is 16.9. The van der Waals surface area contributed by atoms with Crippen LogP contribution in [0.15, 0.2) is 42.5 Å². The van der Waals surface area contributed by atoms with E-state index in [1.54, 1.807) is 6.07 Å². The first kappa shape index (κ1) is 12.6. The van der Waals surface area contributed by atoms with E-state index in [4.69, 9.17) is 17.0 Å². The molecule has 0 saturated heterocycles. The van der Waals surface area contributed by atoms with Crippen molar-refractivity contribution in [3.63, 3.8) is 0 Å². The smallest absolute Gasteiger partial charge is 0.178 e. The fraction of sp³-hybridized carbons (Fsp3) is 0.188. The van der Waals surface area contributed by atoms with E-state index in [1.807, 2.05) is 22.8 Å². The van der Waals surface area contributed by atoms with E-state index in [1.165, 1.54) is 17.7 Å². The summed E-state index contributed by atoms with van der Waals surface area (Å²) in [6.07, 6.45) is 0.921. The molecule has 21 heavy (non-hydrogen) atoms. The summed E-state index contributed by atoms with van der Waals surface area (Å²) in [4.78, 5) is 3.05. The third-order valence-corrected chi connectivity index (χ3v) is 4.16. The second-order valence-electron chi connectivity index (χ2n) is 5.25. The van der Waals surface area contributed by atoms with Crippen molar-refractivity contribution in [2.24, 2.45) is 0 Å². The van der Waals surface area contributed by atoms with E-state index in [0.29, 0.717) is 11.3 Å². The van der Waals surface area contributed by atoms with E-state index >= 15 is 0 Å². The number of para-hydroxylation sites is 1. The number of nitrogens with zero attached hydrogens (tertiary/aromatic N) is 1. The number of ether oxygens (including phenoxy) is 1. The molecule has 0 bridgehead atoms. The highest BCUT2D eigenvalue weighted by atomic mass is 32.1. The summed E-state index contributed by atoms with van der Waals surface area (Å²) < 4.78 is 21.8. The first-order chi connectivity index (χ1) is 10.2. The highest BCUT2D eigenvalue weighted by molar-refractivity contribution is 7.71. The molecule has 0 aliphatic carbocycles. The zero-order valence-corrected chi connectivity index (χ0v) is 12.0. The van der Waals surface area contributed by atoms with Gasteiger partial charge in [0.1, 0.15) is 17.7 Å². The quantitative estimate of drug-likeness (QED) is 0.729. The molecule has 106 valence electrons. The van der Waals surface area contributed by atoms with Gasteiger partial charge in [-0.25, -0.2) is 4.39 Å². The largest absolute Gasteiger partial charge is 0.488 e. The van der Waals surface area contributed by atoms with Gasteiger partial charge < -0.3 is 14.3 Å². The molecule has 2 aromatic carbocycles. The number of benzene rings is 2. The SMILES string of the molecule is Fc1ccc2c(c1)[nH]c(=S)n2CC1Cc2ccccc2O1. The van der Waals surface area contributed by atoms with Gasteiger partial charge in [0.25, 0.3) is 0 Å². The van der Waals surface area contributed by atoms with E-state index in [2.05, 4.69) is 11.1 Å². The van der Waals surface area contributed by atoms with Crippen LogP contribution in [0.4, 0.5) is 4.39 Å². The summed E-state index contributed by atoms with van der Waals surface area (Å²) in [5.41, 5.74) is 2.84. The van der Waals surface area contributed by atoms with Crippen LogP contribution < -0.4 is 4.74 Å². The topological polar surface area (TPSA) is 29.9 Å². The molecule has 4 rings (SSSR count). The second-order valence-corrected chi connectivity index (χ2v) is 5.64. The van der Waals surface area contributed by atoms with Gasteiger partial charge in [0.2, 0.25) is 0 Å². The standard InChI is InChI=1S/C16H13FN2OS/c17-11-5-6-14-13(8-11)18-16(21)19(14)9-12-7-10-3-1-2-4-15(10)20-12/h1-6,8,12H,7,9H2,(H,18,21). The lowest BCUT2D eigenvalue weighted by Crippen LogP contribution is -2.20. The minimum Gasteiger partial charge on any atom is -0.488 e. The van der Waals surface area contributed by atoms with Crippen molar-refractivity contribution in [3.05, 3.63) is 58.6 Å². The minimum atomic E-state index is -0.268. The number of rotatable bonds is 2. The number of H-pyrrole nitrogens is 1. The number of aromatic nitrogens is 2. The van der Waals surface area contributed by atoms with Crippen LogP contribution in [-0.2, 0) is 13.0 Å². The maximum absolute atomic E-state index is 13.3. The highest BCUT2D eigenvalue weighted by Crippen LogP contribution is 2.29. The maximum Gasteiger partial charge on any atom is 0.178 e. The van der Waals surface area contributed by atoms with Gasteiger partial charge in [0, 0.05) is 6.42 Å². The fourth-order valence-electron chi connectivity index (χ4n) is 2.88. The number of fused-ring (bicyclic) bond motifs is 2. The summed E-state index contributed by atoms with van der Waals surface area (Å²) in [7, 11) is 0. The third kappa shape index (κ3) is 2.14. The number of halogens is 1. The van der Waals surface area contributed by atoms with Crippen LogP contribution in [0, 0.1) is 10.6 Å². The van der Waals surface area contributed by atoms with Crippen molar-refractivity contribution in [1.82, 2.24) is 9.55 Å². The molecule has 0 amide bonds. The molecule has 0 fully saturated rings. The monoisotopic (exact) mass is 300 g/mol. The molecule has 0 radical (unpaired) electrons. The van der Waals surface area contributed by atoms with Crippen LogP contribution in [-0.4, -0.2) is 15.7 Å². The number of hydrogen-bond acceptors (Lipinski definition) is 2. The Hall–Kier alpha value is -2.14. The van der Waals surface area contributed by atoms with Crippen LogP contribution >= 0.6 is 12.2 Å². The van der Waals surface area contributed by atoms with Crippen LogP contribution in [0.3, 0.4) is 0 Å². The van der Waals surface area contributed by atoms with Gasteiger partial charge in [-0.2, -0.15) is 0 Å². The Labute approximate surface area is 126 Å². The van der Waals surface area contributed by atoms with Crippen molar-refractivity contribution in [2.45, 2.75) is 19.1 Å². The van der Waals surface area contributed by atoms with Crippen molar-refractivity contribution < 1.29 is 9.13 Å². The van der Waals surface area contributed by atoms with Crippen molar-refractivity contribution >= 4 is 23.3 Å². The number of hydrogen-bond donors (Lipinski definition) is 1. The Kier molecular flexibility index (Phi) is 2.82. The first-order valence-electron chi connectivity index (χ1n) is 6.83. The Bertz CT molecular complexity index is 858. The molecule has 1 aliphatic rings. The van der Waals surface area contributed by atoms with Gasteiger partial charge in [-0.05, 0) is 42.0 Å². The lowest BCUT2D eigenvalue weighted by molar-refractivity contribution is 0.210. The van der Waals surface area contributed by atoms with Crippen molar-refractivity contribution in [1.29, 1.82) is 0 Å². The zero-order chi connectivity index (χ0) is 14.4. The summed E-state index contributed by atoms with van der Waals surface area (Å²) in [6, 6.07) is 12.7. The molecule has 1 atom stereocenters. The Morgan fingerprint density at radius 2 is 2.14 bits per heavy atom. The van der Waals surface area contributed by atoms with Gasteiger partial charge in [-0.3, -0.25) is 0 Å². The predicted octanol–water partition coefficient (Wildman–Crippen LogP) is 3.84. The Morgan fingerprint density at radius 1 is 1.29 bits per heavy atom. The number of aromatic amines is 1. The van der Waals surface area contributed by atoms with E-state index in [0.717, 1.165) is 23.2 Å². The van der Waals surface area contributed by atoms with Gasteiger partial charge >= 0.3 is 0 Å². The van der Waals surface area contributed by atoms with Crippen LogP contribution in [0.2, 0.25) is 0 Å². The third-order valence-electron chi connectivity index (χ3n) is 3.84. The van der Waals surface area contributed by atoms with Crippen LogP contribution in [0.25, 0.3) is 11.0 Å². The van der Waals surface area contributed by atoms with E-state index < -0.39 is 0 Å². The number of imidazole rings is 1. The zero-order valence-electron chi connectivity index (χ0n) is 11.2. The summed E-state index contributed by atoms with van der Waals surface area (Å²) in [6.45, 7) is 0.652. The average molecular weight is 300 g/mol. The molecule has 0 spiro atoms. The molecule has 3 nitrogen and oxygen atoms in total. The second kappa shape index (κ2) is 4.70. The fourth-order valence-corrected chi connectivity index (χ4v) is 3.16. The molecule has 1 N–H and O–H groups in total. The summed E-state index contributed by atoms with van der Waals surface area (Å²) in [5, 5.41) is 0. The molecule has 1 aliphatic heterocycles. The van der Waals surface area contributed by atoms with Gasteiger partial charge in [0.15, 0.2) is 4.77 Å². The molecule has 3 aromatic rings. The summed E-state index contributed by atoms with van der Waals surface area (Å²) >= 11 is 5.35.